The molecule has 0 saturated carbocycles. The minimum atomic E-state index is -1.20. The molecule has 1 heterocycles. The normalized spacial score (nSPS) is 10.3. The predicted octanol–water partition coefficient (Wildman–Crippen LogP) is 1.89. The van der Waals surface area contributed by atoms with Gasteiger partial charge in [-0.3, -0.25) is 10.1 Å². The van der Waals surface area contributed by atoms with Gasteiger partial charge in [-0.25, -0.2) is 14.8 Å². The first-order valence-corrected chi connectivity index (χ1v) is 6.08. The van der Waals surface area contributed by atoms with E-state index in [0.29, 0.717) is 12.0 Å². The van der Waals surface area contributed by atoms with Crippen LogP contribution in [0.1, 0.15) is 23.0 Å². The fourth-order valence-electron chi connectivity index (χ4n) is 1.98. The van der Waals surface area contributed by atoms with Crippen LogP contribution in [0.15, 0.2) is 24.3 Å². The average molecular weight is 288 g/mol. The van der Waals surface area contributed by atoms with Crippen LogP contribution in [0.5, 0.6) is 0 Å². The van der Waals surface area contributed by atoms with Crippen LogP contribution in [0.2, 0.25) is 0 Å². The minimum Gasteiger partial charge on any atom is -0.478 e. The first-order valence-electron chi connectivity index (χ1n) is 6.08. The molecule has 0 aliphatic carbocycles. The van der Waals surface area contributed by atoms with Crippen molar-refractivity contribution >= 4 is 17.6 Å². The number of aromatic carboxylic acids is 1. The summed E-state index contributed by atoms with van der Waals surface area (Å²) in [6, 6.07) is 5.58. The van der Waals surface area contributed by atoms with E-state index in [9.17, 15) is 20.0 Å². The number of hydrogen-bond donors (Lipinski definition) is 2. The van der Waals surface area contributed by atoms with Crippen molar-refractivity contribution in [3.63, 3.8) is 0 Å². The highest BCUT2D eigenvalue weighted by molar-refractivity contribution is 5.96. The van der Waals surface area contributed by atoms with E-state index in [2.05, 4.69) is 9.97 Å². The second-order valence-corrected chi connectivity index (χ2v) is 4.22. The van der Waals surface area contributed by atoms with E-state index < -0.39 is 10.9 Å². The molecule has 0 spiro atoms. The summed E-state index contributed by atoms with van der Waals surface area (Å²) < 4.78 is 0. The lowest BCUT2D eigenvalue weighted by Crippen LogP contribution is -2.11. The van der Waals surface area contributed by atoms with E-state index in [4.69, 9.17) is 5.73 Å². The van der Waals surface area contributed by atoms with Crippen molar-refractivity contribution < 1.29 is 14.8 Å². The summed E-state index contributed by atoms with van der Waals surface area (Å²) in [6.07, 6.45) is 0.357. The fraction of sp³-hybridized carbons (Fsp3) is 0.154. The molecular formula is C13H12N4O4. The predicted molar refractivity (Wildman–Crippen MR) is 74.9 cm³/mol. The van der Waals surface area contributed by atoms with Crippen molar-refractivity contribution in [2.24, 2.45) is 0 Å². The number of carboxylic acids is 1. The second kappa shape index (κ2) is 5.53. The lowest BCUT2D eigenvalue weighted by atomic mass is 10.0. The average Bonchev–Trinajstić information content (AvgIpc) is 2.45. The molecule has 8 heteroatoms. The number of rotatable bonds is 4. The minimum absolute atomic E-state index is 0.0710. The van der Waals surface area contributed by atoms with Crippen LogP contribution in [-0.4, -0.2) is 26.0 Å². The number of hydrogen-bond acceptors (Lipinski definition) is 6. The van der Waals surface area contributed by atoms with E-state index in [-0.39, 0.29) is 28.6 Å². The number of nitro benzene ring substituents is 1. The number of benzene rings is 1. The van der Waals surface area contributed by atoms with E-state index >= 15 is 0 Å². The summed E-state index contributed by atoms with van der Waals surface area (Å²) in [5, 5.41) is 20.2. The van der Waals surface area contributed by atoms with Crippen molar-refractivity contribution in [1.29, 1.82) is 0 Å². The maximum atomic E-state index is 11.5. The van der Waals surface area contributed by atoms with Gasteiger partial charge in [-0.1, -0.05) is 19.1 Å². The van der Waals surface area contributed by atoms with Crippen molar-refractivity contribution in [3.05, 3.63) is 45.6 Å². The van der Waals surface area contributed by atoms with Gasteiger partial charge in [-0.05, 0) is 6.42 Å². The molecule has 3 N–H and O–H groups in total. The third kappa shape index (κ3) is 2.78. The van der Waals surface area contributed by atoms with Crippen LogP contribution in [0, 0.1) is 10.1 Å². The summed E-state index contributed by atoms with van der Waals surface area (Å²) in [7, 11) is 0. The first kappa shape index (κ1) is 14.4. The molecule has 1 aromatic heterocycles. The molecule has 0 atom stereocenters. The van der Waals surface area contributed by atoms with Gasteiger partial charge in [0.1, 0.15) is 5.56 Å². The molecule has 0 amide bonds. The lowest BCUT2D eigenvalue weighted by molar-refractivity contribution is -0.384. The zero-order valence-corrected chi connectivity index (χ0v) is 11.1. The third-order valence-corrected chi connectivity index (χ3v) is 2.88. The van der Waals surface area contributed by atoms with Gasteiger partial charge in [0.2, 0.25) is 5.95 Å². The standard InChI is InChI=1S/C13H12N4O4/c1-2-9-10(12(18)19)11(16-13(14)15-9)7-4-3-5-8(6-7)17(20)21/h3-6H,2H2,1H3,(H,18,19)(H2,14,15,16). The van der Waals surface area contributed by atoms with E-state index in [1.165, 1.54) is 18.2 Å². The number of nitro groups is 1. The van der Waals surface area contributed by atoms with Gasteiger partial charge in [0.05, 0.1) is 16.3 Å². The lowest BCUT2D eigenvalue weighted by Gasteiger charge is -2.10. The second-order valence-electron chi connectivity index (χ2n) is 4.22. The molecule has 0 bridgehead atoms. The van der Waals surface area contributed by atoms with Crippen LogP contribution in [-0.2, 0) is 6.42 Å². The molecule has 2 rings (SSSR count). The Morgan fingerprint density at radius 1 is 1.43 bits per heavy atom. The number of aromatic nitrogens is 2. The van der Waals surface area contributed by atoms with Gasteiger partial charge in [-0.2, -0.15) is 0 Å². The molecule has 8 nitrogen and oxygen atoms in total. The Bertz CT molecular complexity index is 730. The number of anilines is 1. The molecule has 108 valence electrons. The quantitative estimate of drug-likeness (QED) is 0.648. The van der Waals surface area contributed by atoms with Gasteiger partial charge in [-0.15, -0.1) is 0 Å². The van der Waals surface area contributed by atoms with Crippen LogP contribution >= 0.6 is 0 Å². The number of nitrogens with two attached hydrogens (primary N) is 1. The molecule has 21 heavy (non-hydrogen) atoms. The van der Waals surface area contributed by atoms with E-state index in [1.807, 2.05) is 0 Å². The maximum absolute atomic E-state index is 11.5. The molecule has 0 aliphatic rings. The smallest absolute Gasteiger partial charge is 0.339 e. The van der Waals surface area contributed by atoms with Crippen molar-refractivity contribution in [1.82, 2.24) is 9.97 Å². The van der Waals surface area contributed by atoms with Crippen LogP contribution < -0.4 is 5.73 Å². The monoisotopic (exact) mass is 288 g/mol. The molecule has 1 aromatic carbocycles. The molecular weight excluding hydrogens is 276 g/mol. The number of non-ortho nitro benzene ring substituents is 1. The Morgan fingerprint density at radius 3 is 2.71 bits per heavy atom. The van der Waals surface area contributed by atoms with Gasteiger partial charge in [0.15, 0.2) is 0 Å². The number of nitrogen functional groups attached to an aromatic ring is 1. The Balaban J connectivity index is 2.73. The molecule has 0 unspecified atom stereocenters. The van der Waals surface area contributed by atoms with Gasteiger partial charge < -0.3 is 10.8 Å². The Labute approximate surface area is 119 Å². The number of aryl methyl sites for hydroxylation is 1. The largest absolute Gasteiger partial charge is 0.478 e. The molecule has 0 aliphatic heterocycles. The van der Waals surface area contributed by atoms with Gasteiger partial charge in [0, 0.05) is 17.7 Å². The summed E-state index contributed by atoms with van der Waals surface area (Å²) >= 11 is 0. The summed E-state index contributed by atoms with van der Waals surface area (Å²) in [5.41, 5.74) is 6.02. The Morgan fingerprint density at radius 2 is 2.14 bits per heavy atom. The highest BCUT2D eigenvalue weighted by Crippen LogP contribution is 2.27. The Hall–Kier alpha value is -3.03. The number of nitrogens with zero attached hydrogens (tertiary/aromatic N) is 3. The summed E-state index contributed by atoms with van der Waals surface area (Å²) in [5.74, 6) is -1.27. The molecule has 2 aromatic rings. The molecule has 0 fully saturated rings. The van der Waals surface area contributed by atoms with Crippen molar-refractivity contribution in [2.45, 2.75) is 13.3 Å². The first-order chi connectivity index (χ1) is 9.93. The zero-order valence-electron chi connectivity index (χ0n) is 11.1. The van der Waals surface area contributed by atoms with Crippen molar-refractivity contribution in [3.8, 4) is 11.3 Å². The van der Waals surface area contributed by atoms with Crippen molar-refractivity contribution in [2.75, 3.05) is 5.73 Å². The summed E-state index contributed by atoms with van der Waals surface area (Å²) in [6.45, 7) is 1.74. The van der Waals surface area contributed by atoms with Crippen LogP contribution in [0.25, 0.3) is 11.3 Å². The van der Waals surface area contributed by atoms with Crippen LogP contribution in [0.4, 0.5) is 11.6 Å². The topological polar surface area (TPSA) is 132 Å². The Kier molecular flexibility index (Phi) is 3.79. The van der Waals surface area contributed by atoms with Gasteiger partial charge in [0.25, 0.3) is 5.69 Å². The number of carboxylic acid groups (broad SMARTS) is 1. The summed E-state index contributed by atoms with van der Waals surface area (Å²) in [4.78, 5) is 29.6. The highest BCUT2D eigenvalue weighted by atomic mass is 16.6. The third-order valence-electron chi connectivity index (χ3n) is 2.88. The maximum Gasteiger partial charge on any atom is 0.339 e. The fourth-order valence-corrected chi connectivity index (χ4v) is 1.98. The van der Waals surface area contributed by atoms with Gasteiger partial charge >= 0.3 is 5.97 Å². The molecule has 0 radical (unpaired) electrons. The molecule has 0 saturated heterocycles. The number of carbonyl (C=O) groups is 1. The zero-order chi connectivity index (χ0) is 15.6. The van der Waals surface area contributed by atoms with Crippen LogP contribution in [0.3, 0.4) is 0 Å². The van der Waals surface area contributed by atoms with E-state index in [1.54, 1.807) is 13.0 Å². The SMILES string of the molecule is CCc1nc(N)nc(-c2cccc([N+](=O)[O-])c2)c1C(=O)O. The highest BCUT2D eigenvalue weighted by Gasteiger charge is 2.21. The van der Waals surface area contributed by atoms with E-state index in [0.717, 1.165) is 0 Å².